The number of ether oxygens (including phenoxy) is 2. The maximum absolute atomic E-state index is 13.2. The number of hydrogen-bond acceptors (Lipinski definition) is 9. The predicted octanol–water partition coefficient (Wildman–Crippen LogP) is 4.15. The van der Waals surface area contributed by atoms with E-state index in [2.05, 4.69) is 21.0 Å². The van der Waals surface area contributed by atoms with Crippen molar-refractivity contribution < 1.29 is 24.7 Å². The maximum atomic E-state index is 13.2. The number of fused-ring (bicyclic) bond motifs is 2. The summed E-state index contributed by atoms with van der Waals surface area (Å²) in [4.78, 5) is 29.9. The number of amides is 1. The van der Waals surface area contributed by atoms with E-state index in [1.807, 2.05) is 33.8 Å². The number of aromatic nitrogens is 2. The maximum Gasteiger partial charge on any atom is 0.351 e. The summed E-state index contributed by atoms with van der Waals surface area (Å²) in [6.45, 7) is 10.1. The Morgan fingerprint density at radius 1 is 1.36 bits per heavy atom. The molecule has 0 aliphatic carbocycles. The van der Waals surface area contributed by atoms with Crippen molar-refractivity contribution in [3.8, 4) is 6.07 Å². The smallest absolute Gasteiger partial charge is 0.351 e. The van der Waals surface area contributed by atoms with Crippen molar-refractivity contribution in [3.63, 3.8) is 0 Å². The molecule has 2 aliphatic heterocycles. The van der Waals surface area contributed by atoms with Crippen molar-refractivity contribution >= 4 is 20.3 Å². The average Bonchev–Trinajstić information content (AvgIpc) is 3.42. The van der Waals surface area contributed by atoms with Crippen LogP contribution in [0.3, 0.4) is 0 Å². The van der Waals surface area contributed by atoms with Crippen LogP contribution in [0.5, 0.6) is 0 Å². The lowest BCUT2D eigenvalue weighted by Crippen LogP contribution is -2.40. The van der Waals surface area contributed by atoms with Gasteiger partial charge in [0, 0.05) is 30.8 Å². The van der Waals surface area contributed by atoms with Crippen molar-refractivity contribution in [2.75, 3.05) is 18.5 Å². The molecule has 3 heterocycles. The Balaban J connectivity index is 1.59. The third kappa shape index (κ3) is 6.22. The molecule has 2 fully saturated rings. The average molecular weight is 559 g/mol. The number of rotatable bonds is 11. The van der Waals surface area contributed by atoms with Gasteiger partial charge in [-0.1, -0.05) is 18.2 Å². The molecule has 5 atom stereocenters. The fourth-order valence-electron chi connectivity index (χ4n) is 4.75. The molecular weight excluding hydrogens is 521 g/mol. The van der Waals surface area contributed by atoms with Gasteiger partial charge in [0.1, 0.15) is 23.6 Å². The summed E-state index contributed by atoms with van der Waals surface area (Å²) >= 11 is 0. The summed E-state index contributed by atoms with van der Waals surface area (Å²) in [6.07, 6.45) is -0.482. The van der Waals surface area contributed by atoms with E-state index in [9.17, 15) is 9.59 Å². The number of nitriles is 1. The van der Waals surface area contributed by atoms with Gasteiger partial charge in [-0.3, -0.25) is 9.36 Å². The van der Waals surface area contributed by atoms with Gasteiger partial charge in [-0.25, -0.2) is 9.46 Å². The SMILES string of the molecule is [2H]C[C@@]12CO[C@@H]([C@H](n3cc(C)c(NC(=O)c4ccccc4)nc3=O)O1)[C@@H]2OP(OCCC#N)N(C(C)C)C(C)C. The molecule has 0 spiro atoms. The van der Waals surface area contributed by atoms with Crippen molar-refractivity contribution in [1.29, 1.82) is 5.26 Å². The molecule has 0 saturated carbocycles. The molecule has 1 unspecified atom stereocenters. The molecule has 11 nitrogen and oxygen atoms in total. The molecule has 12 heteroatoms. The van der Waals surface area contributed by atoms with Gasteiger partial charge >= 0.3 is 5.69 Å². The van der Waals surface area contributed by atoms with E-state index in [-0.39, 0.29) is 50.3 Å². The minimum absolute atomic E-state index is 0.0879. The van der Waals surface area contributed by atoms with Gasteiger partial charge < -0.3 is 23.8 Å². The van der Waals surface area contributed by atoms with Crippen LogP contribution in [-0.2, 0) is 18.5 Å². The highest BCUT2D eigenvalue weighted by atomic mass is 31.2. The van der Waals surface area contributed by atoms with Gasteiger partial charge in [-0.05, 0) is 53.7 Å². The highest BCUT2D eigenvalue weighted by molar-refractivity contribution is 7.44. The monoisotopic (exact) mass is 558 g/mol. The van der Waals surface area contributed by atoms with Crippen molar-refractivity contribution in [2.45, 2.75) is 84.1 Å². The van der Waals surface area contributed by atoms with Gasteiger partial charge in [0.05, 0.1) is 25.7 Å². The van der Waals surface area contributed by atoms with E-state index in [1.54, 1.807) is 37.4 Å². The zero-order valence-corrected chi connectivity index (χ0v) is 23.8. The standard InChI is InChI=1S/C27H36N5O6P/c1-17(2)32(18(3)4)39(36-14-10-13-28)38-22-21-25(37-27(22,6)16-35-21)31-15-19(5)23(30-26(31)34)29-24(33)20-11-8-7-9-12-20/h7-9,11-12,15,17-18,21-22,25H,10,14,16H2,1-6H3,(H,29,30,33,34)/t21-,22+,25-,27+,39?/m1/s1/i6D. The molecule has 210 valence electrons. The number of carbonyl (C=O) groups excluding carboxylic acids is 1. The summed E-state index contributed by atoms with van der Waals surface area (Å²) in [6, 6.07) is 10.9. The number of carbonyl (C=O) groups is 1. The number of nitrogens with one attached hydrogen (secondary N) is 1. The first-order valence-electron chi connectivity index (χ1n) is 13.6. The van der Waals surface area contributed by atoms with Crippen LogP contribution in [0.25, 0.3) is 0 Å². The Morgan fingerprint density at radius 3 is 2.72 bits per heavy atom. The second-order valence-electron chi connectivity index (χ2n) is 10.2. The molecule has 2 aromatic rings. The molecular formula is C27H36N5O6P. The minimum atomic E-state index is -1.63. The Hall–Kier alpha value is -2.71. The molecule has 2 saturated heterocycles. The zero-order valence-electron chi connectivity index (χ0n) is 23.9. The van der Waals surface area contributed by atoms with E-state index in [1.165, 1.54) is 4.57 Å². The normalized spacial score (nSPS) is 25.2. The van der Waals surface area contributed by atoms with Crippen LogP contribution in [0, 0.1) is 18.3 Å². The molecule has 1 aromatic heterocycles. The van der Waals surface area contributed by atoms with Crippen molar-refractivity contribution in [3.05, 3.63) is 58.1 Å². The zero-order chi connectivity index (χ0) is 29.0. The largest absolute Gasteiger partial charge is 0.368 e. The molecule has 1 aromatic carbocycles. The fraction of sp³-hybridized carbons (Fsp3) is 0.556. The Labute approximate surface area is 231 Å². The van der Waals surface area contributed by atoms with Crippen LogP contribution in [0.4, 0.5) is 5.82 Å². The van der Waals surface area contributed by atoms with E-state index >= 15 is 0 Å². The molecule has 4 rings (SSSR count). The third-order valence-electron chi connectivity index (χ3n) is 6.52. The number of anilines is 1. The van der Waals surface area contributed by atoms with E-state index in [4.69, 9.17) is 25.2 Å². The van der Waals surface area contributed by atoms with Gasteiger partial charge in [0.2, 0.25) is 0 Å². The van der Waals surface area contributed by atoms with Crippen molar-refractivity contribution in [1.82, 2.24) is 14.2 Å². The molecule has 39 heavy (non-hydrogen) atoms. The highest BCUT2D eigenvalue weighted by Crippen LogP contribution is 2.54. The highest BCUT2D eigenvalue weighted by Gasteiger charge is 2.62. The first kappa shape index (κ1) is 27.8. The van der Waals surface area contributed by atoms with Crippen molar-refractivity contribution in [2.24, 2.45) is 0 Å². The summed E-state index contributed by atoms with van der Waals surface area (Å²) in [7, 11) is -1.63. The van der Waals surface area contributed by atoms with Crippen LogP contribution >= 0.6 is 8.53 Å². The van der Waals surface area contributed by atoms with Crippen LogP contribution in [0.1, 0.15) is 64.5 Å². The number of aryl methyl sites for hydroxylation is 1. The van der Waals surface area contributed by atoms with Crippen LogP contribution in [-0.4, -0.2) is 63.2 Å². The van der Waals surface area contributed by atoms with Crippen LogP contribution in [0.15, 0.2) is 41.3 Å². The lowest BCUT2D eigenvalue weighted by atomic mass is 10.0. The Kier molecular flexibility index (Phi) is 8.72. The fourth-order valence-corrected chi connectivity index (χ4v) is 6.56. The lowest BCUT2D eigenvalue weighted by molar-refractivity contribution is -0.167. The second kappa shape index (κ2) is 12.2. The van der Waals surface area contributed by atoms with Crippen LogP contribution in [0.2, 0.25) is 0 Å². The molecule has 0 radical (unpaired) electrons. The first-order chi connectivity index (χ1) is 19.1. The summed E-state index contributed by atoms with van der Waals surface area (Å²) in [5.74, 6) is -0.222. The molecule has 2 aliphatic rings. The number of benzene rings is 1. The van der Waals surface area contributed by atoms with Gasteiger partial charge in [-0.15, -0.1) is 0 Å². The van der Waals surface area contributed by atoms with Crippen LogP contribution < -0.4 is 11.0 Å². The summed E-state index contributed by atoms with van der Waals surface area (Å²) in [5, 5.41) is 11.7. The third-order valence-corrected chi connectivity index (χ3v) is 8.63. The first-order valence-corrected chi connectivity index (χ1v) is 14.0. The van der Waals surface area contributed by atoms with E-state index < -0.39 is 38.3 Å². The van der Waals surface area contributed by atoms with Gasteiger partial charge in [0.15, 0.2) is 6.23 Å². The van der Waals surface area contributed by atoms with E-state index in [0.29, 0.717) is 11.1 Å². The summed E-state index contributed by atoms with van der Waals surface area (Å²) in [5.41, 5.74) is -0.741. The lowest BCUT2D eigenvalue weighted by Gasteiger charge is -2.38. The minimum Gasteiger partial charge on any atom is -0.368 e. The molecule has 1 N–H and O–H groups in total. The van der Waals surface area contributed by atoms with Gasteiger partial charge in [-0.2, -0.15) is 10.2 Å². The summed E-state index contributed by atoms with van der Waals surface area (Å²) < 4.78 is 36.8. The quantitative estimate of drug-likeness (QED) is 0.319. The van der Waals surface area contributed by atoms with Gasteiger partial charge in [0.25, 0.3) is 14.4 Å². The predicted molar refractivity (Wildman–Crippen MR) is 146 cm³/mol. The second-order valence-corrected chi connectivity index (χ2v) is 11.6. The number of nitrogens with zero attached hydrogens (tertiary/aromatic N) is 4. The molecule has 2 bridgehead atoms. The Bertz CT molecular complexity index is 1280. The van der Waals surface area contributed by atoms with E-state index in [0.717, 1.165) is 0 Å². The topological polar surface area (TPSA) is 128 Å². The molecule has 1 amide bonds. The Morgan fingerprint density at radius 2 is 2.08 bits per heavy atom. The number of hydrogen-bond donors (Lipinski definition) is 1.